The average Bonchev–Trinajstić information content (AvgIpc) is 2.73. The maximum absolute atomic E-state index is 13.2. The summed E-state index contributed by atoms with van der Waals surface area (Å²) < 4.78 is 31.0. The van der Waals surface area contributed by atoms with Crippen molar-refractivity contribution in [3.63, 3.8) is 0 Å². The Balaban J connectivity index is 1.77. The Morgan fingerprint density at radius 2 is 1.65 bits per heavy atom. The molecule has 0 radical (unpaired) electrons. The van der Waals surface area contributed by atoms with Crippen LogP contribution in [-0.4, -0.2) is 64.7 Å². The number of carbonyl (C=O) groups excluding carboxylic acids is 2. The van der Waals surface area contributed by atoms with Crippen molar-refractivity contribution in [2.24, 2.45) is 0 Å². The van der Waals surface area contributed by atoms with Gasteiger partial charge in [-0.15, -0.1) is 0 Å². The highest BCUT2D eigenvalue weighted by Crippen LogP contribution is 2.25. The molecule has 166 valence electrons. The molecule has 10 heteroatoms. The van der Waals surface area contributed by atoms with Crippen LogP contribution in [0.4, 0.5) is 17.1 Å². The van der Waals surface area contributed by atoms with Crippen molar-refractivity contribution in [2.75, 3.05) is 54.5 Å². The summed E-state index contributed by atoms with van der Waals surface area (Å²) >= 11 is 0. The molecule has 1 aliphatic heterocycles. The SMILES string of the molecule is COc1ccc(N2CCN(C(=O)c3cc(NC(C)=O)ccc3NS(C)(=O)=O)CC2)cc1. The fourth-order valence-corrected chi connectivity index (χ4v) is 4.00. The van der Waals surface area contributed by atoms with Gasteiger partial charge in [0.15, 0.2) is 0 Å². The van der Waals surface area contributed by atoms with Crippen molar-refractivity contribution >= 4 is 38.9 Å². The summed E-state index contributed by atoms with van der Waals surface area (Å²) in [6.45, 7) is 3.60. The minimum Gasteiger partial charge on any atom is -0.497 e. The molecule has 9 nitrogen and oxygen atoms in total. The summed E-state index contributed by atoms with van der Waals surface area (Å²) in [5, 5.41) is 2.63. The van der Waals surface area contributed by atoms with Gasteiger partial charge in [-0.05, 0) is 42.5 Å². The van der Waals surface area contributed by atoms with Gasteiger partial charge in [-0.3, -0.25) is 14.3 Å². The second-order valence-electron chi connectivity index (χ2n) is 7.29. The molecule has 0 atom stereocenters. The molecular formula is C21H26N4O5S. The van der Waals surface area contributed by atoms with E-state index in [9.17, 15) is 18.0 Å². The molecule has 2 aromatic rings. The van der Waals surface area contributed by atoms with E-state index in [1.807, 2.05) is 24.3 Å². The summed E-state index contributed by atoms with van der Waals surface area (Å²) in [5.74, 6) is 0.200. The van der Waals surface area contributed by atoms with Gasteiger partial charge in [0.05, 0.1) is 24.6 Å². The van der Waals surface area contributed by atoms with Crippen molar-refractivity contribution in [3.8, 4) is 5.75 Å². The van der Waals surface area contributed by atoms with E-state index < -0.39 is 10.0 Å². The van der Waals surface area contributed by atoms with Gasteiger partial charge in [0.2, 0.25) is 15.9 Å². The number of piperazine rings is 1. The summed E-state index contributed by atoms with van der Waals surface area (Å²) in [4.78, 5) is 28.5. The number of nitrogens with one attached hydrogen (secondary N) is 2. The van der Waals surface area contributed by atoms with Crippen LogP contribution in [0.3, 0.4) is 0 Å². The maximum Gasteiger partial charge on any atom is 0.256 e. The zero-order chi connectivity index (χ0) is 22.6. The number of nitrogens with zero attached hydrogens (tertiary/aromatic N) is 2. The van der Waals surface area contributed by atoms with Crippen molar-refractivity contribution in [2.45, 2.75) is 6.92 Å². The molecule has 0 aliphatic carbocycles. The van der Waals surface area contributed by atoms with Gasteiger partial charge in [-0.25, -0.2) is 8.42 Å². The monoisotopic (exact) mass is 446 g/mol. The highest BCUT2D eigenvalue weighted by molar-refractivity contribution is 7.92. The van der Waals surface area contributed by atoms with Gasteiger partial charge in [0.25, 0.3) is 5.91 Å². The largest absolute Gasteiger partial charge is 0.497 e. The van der Waals surface area contributed by atoms with Gasteiger partial charge >= 0.3 is 0 Å². The predicted molar refractivity (Wildman–Crippen MR) is 120 cm³/mol. The van der Waals surface area contributed by atoms with Crippen LogP contribution in [0.2, 0.25) is 0 Å². The highest BCUT2D eigenvalue weighted by atomic mass is 32.2. The zero-order valence-electron chi connectivity index (χ0n) is 17.7. The topological polar surface area (TPSA) is 108 Å². The van der Waals surface area contributed by atoms with E-state index in [1.54, 1.807) is 18.1 Å². The molecule has 0 bridgehead atoms. The van der Waals surface area contributed by atoms with Crippen LogP contribution in [0.25, 0.3) is 0 Å². The molecule has 3 rings (SSSR count). The Morgan fingerprint density at radius 1 is 1.00 bits per heavy atom. The second-order valence-corrected chi connectivity index (χ2v) is 9.04. The van der Waals surface area contributed by atoms with Crippen LogP contribution < -0.4 is 19.7 Å². The molecule has 2 N–H and O–H groups in total. The lowest BCUT2D eigenvalue weighted by molar-refractivity contribution is -0.114. The fraction of sp³-hybridized carbons (Fsp3) is 0.333. The van der Waals surface area contributed by atoms with Crippen molar-refractivity contribution < 1.29 is 22.7 Å². The average molecular weight is 447 g/mol. The first-order chi connectivity index (χ1) is 14.7. The van der Waals surface area contributed by atoms with E-state index in [1.165, 1.54) is 19.1 Å². The molecule has 1 aliphatic rings. The first-order valence-electron chi connectivity index (χ1n) is 9.74. The molecule has 0 unspecified atom stereocenters. The Labute approximate surface area is 182 Å². The standard InChI is InChI=1S/C21H26N4O5S/c1-15(26)22-16-4-9-20(23-31(3,28)29)19(14-16)21(27)25-12-10-24(11-13-25)17-5-7-18(30-2)8-6-17/h4-9,14,23H,10-13H2,1-3H3,(H,22,26). The number of amides is 2. The van der Waals surface area contributed by atoms with E-state index in [4.69, 9.17) is 4.74 Å². The first kappa shape index (κ1) is 22.4. The molecule has 1 heterocycles. The summed E-state index contributed by atoms with van der Waals surface area (Å²) in [6.07, 6.45) is 1.02. The quantitative estimate of drug-likeness (QED) is 0.703. The van der Waals surface area contributed by atoms with Gasteiger partial charge in [0.1, 0.15) is 5.75 Å². The van der Waals surface area contributed by atoms with E-state index in [0.717, 1.165) is 17.7 Å². The number of hydrogen-bond donors (Lipinski definition) is 2. The van der Waals surface area contributed by atoms with E-state index in [-0.39, 0.29) is 23.1 Å². The summed E-state index contributed by atoms with van der Waals surface area (Å²) in [5.41, 5.74) is 1.83. The first-order valence-corrected chi connectivity index (χ1v) is 11.6. The molecule has 2 amide bonds. The number of benzene rings is 2. The predicted octanol–water partition coefficient (Wildman–Crippen LogP) is 1.99. The van der Waals surface area contributed by atoms with Crippen LogP contribution in [0.5, 0.6) is 5.75 Å². The third-order valence-electron chi connectivity index (χ3n) is 4.87. The molecule has 1 saturated heterocycles. The zero-order valence-corrected chi connectivity index (χ0v) is 18.5. The lowest BCUT2D eigenvalue weighted by atomic mass is 10.1. The minimum absolute atomic E-state index is 0.180. The van der Waals surface area contributed by atoms with Gasteiger partial charge in [0, 0.05) is 44.5 Å². The molecule has 1 fully saturated rings. The molecule has 31 heavy (non-hydrogen) atoms. The Kier molecular flexibility index (Phi) is 6.69. The van der Waals surface area contributed by atoms with Crippen molar-refractivity contribution in [3.05, 3.63) is 48.0 Å². The molecule has 0 spiro atoms. The number of sulfonamides is 1. The summed E-state index contributed by atoms with van der Waals surface area (Å²) in [6, 6.07) is 12.3. The van der Waals surface area contributed by atoms with Crippen LogP contribution in [0.15, 0.2) is 42.5 Å². The highest BCUT2D eigenvalue weighted by Gasteiger charge is 2.25. The smallest absolute Gasteiger partial charge is 0.256 e. The Hall–Kier alpha value is -3.27. The Bertz CT molecular complexity index is 1060. The van der Waals surface area contributed by atoms with Gasteiger partial charge in [-0.2, -0.15) is 0 Å². The number of anilines is 3. The van der Waals surface area contributed by atoms with Crippen LogP contribution >= 0.6 is 0 Å². The van der Waals surface area contributed by atoms with Crippen molar-refractivity contribution in [1.29, 1.82) is 0 Å². The molecule has 0 aromatic heterocycles. The number of methoxy groups -OCH3 is 1. The minimum atomic E-state index is -3.58. The van der Waals surface area contributed by atoms with E-state index in [0.29, 0.717) is 31.9 Å². The number of carbonyl (C=O) groups is 2. The lowest BCUT2D eigenvalue weighted by Gasteiger charge is -2.36. The maximum atomic E-state index is 13.2. The lowest BCUT2D eigenvalue weighted by Crippen LogP contribution is -2.49. The number of rotatable bonds is 6. The van der Waals surface area contributed by atoms with E-state index >= 15 is 0 Å². The van der Waals surface area contributed by atoms with E-state index in [2.05, 4.69) is 14.9 Å². The molecular weight excluding hydrogens is 420 g/mol. The van der Waals surface area contributed by atoms with Crippen LogP contribution in [-0.2, 0) is 14.8 Å². The molecule has 0 saturated carbocycles. The summed E-state index contributed by atoms with van der Waals surface area (Å²) in [7, 11) is -1.96. The van der Waals surface area contributed by atoms with Gasteiger partial charge in [-0.1, -0.05) is 0 Å². The van der Waals surface area contributed by atoms with Crippen LogP contribution in [0, 0.1) is 0 Å². The Morgan fingerprint density at radius 3 is 2.19 bits per heavy atom. The normalized spacial score (nSPS) is 14.2. The van der Waals surface area contributed by atoms with Gasteiger partial charge < -0.3 is 19.9 Å². The third-order valence-corrected chi connectivity index (χ3v) is 5.46. The van der Waals surface area contributed by atoms with Crippen molar-refractivity contribution in [1.82, 2.24) is 4.90 Å². The number of hydrogen-bond acceptors (Lipinski definition) is 6. The number of ether oxygens (including phenoxy) is 1. The second kappa shape index (κ2) is 9.25. The molecule has 2 aromatic carbocycles. The third kappa shape index (κ3) is 5.88. The van der Waals surface area contributed by atoms with Crippen LogP contribution in [0.1, 0.15) is 17.3 Å². The fourth-order valence-electron chi connectivity index (χ4n) is 3.42.